The molecular formula is C61H36N4O. The lowest BCUT2D eigenvalue weighted by Crippen LogP contribution is -2.00. The quantitative estimate of drug-likeness (QED) is 0.173. The van der Waals surface area contributed by atoms with Crippen molar-refractivity contribution in [3.05, 3.63) is 224 Å². The van der Waals surface area contributed by atoms with Crippen molar-refractivity contribution >= 4 is 87.4 Å². The van der Waals surface area contributed by atoms with Gasteiger partial charge in [0.05, 0.1) is 44.7 Å². The molecule has 4 aromatic heterocycles. The zero-order valence-electron chi connectivity index (χ0n) is 35.5. The van der Waals surface area contributed by atoms with E-state index in [1.165, 1.54) is 38.0 Å². The molecule has 0 spiro atoms. The molecule has 66 heavy (non-hydrogen) atoms. The number of rotatable bonds is 5. The predicted octanol–water partition coefficient (Wildman–Crippen LogP) is 16.1. The Balaban J connectivity index is 1.10. The highest BCUT2D eigenvalue weighted by molar-refractivity contribution is 6.26. The Labute approximate surface area is 378 Å². The van der Waals surface area contributed by atoms with Crippen molar-refractivity contribution in [1.29, 1.82) is 5.26 Å². The summed E-state index contributed by atoms with van der Waals surface area (Å²) < 4.78 is 13.8. The van der Waals surface area contributed by atoms with Crippen molar-refractivity contribution in [1.82, 2.24) is 13.7 Å². The van der Waals surface area contributed by atoms with Crippen LogP contribution in [-0.2, 0) is 0 Å². The number of nitriles is 1. The smallest absolute Gasteiger partial charge is 0.137 e. The van der Waals surface area contributed by atoms with Crippen LogP contribution in [0.1, 0.15) is 5.56 Å². The van der Waals surface area contributed by atoms with Crippen LogP contribution in [0.4, 0.5) is 0 Å². The third kappa shape index (κ3) is 5.21. The number of fused-ring (bicyclic) bond motifs is 13. The second-order valence-corrected chi connectivity index (χ2v) is 17.2. The number of hydrogen-bond donors (Lipinski definition) is 0. The molecule has 14 aromatic rings. The molecule has 0 fully saturated rings. The van der Waals surface area contributed by atoms with Gasteiger partial charge in [-0.15, -0.1) is 0 Å². The van der Waals surface area contributed by atoms with Crippen LogP contribution >= 0.6 is 0 Å². The van der Waals surface area contributed by atoms with Gasteiger partial charge in [0.2, 0.25) is 0 Å². The van der Waals surface area contributed by atoms with E-state index in [1.54, 1.807) is 0 Å². The summed E-state index contributed by atoms with van der Waals surface area (Å²) >= 11 is 0. The maximum absolute atomic E-state index is 10.6. The molecule has 0 aliphatic carbocycles. The molecule has 0 unspecified atom stereocenters. The summed E-state index contributed by atoms with van der Waals surface area (Å²) in [4.78, 5) is 0. The minimum atomic E-state index is 0.628. The molecule has 0 N–H and O–H groups in total. The Morgan fingerprint density at radius 1 is 0.333 bits per heavy atom. The lowest BCUT2D eigenvalue weighted by Gasteiger charge is -2.16. The minimum Gasteiger partial charge on any atom is -0.456 e. The van der Waals surface area contributed by atoms with Crippen molar-refractivity contribution in [3.8, 4) is 45.4 Å². The van der Waals surface area contributed by atoms with Gasteiger partial charge in [0, 0.05) is 66.2 Å². The van der Waals surface area contributed by atoms with Crippen LogP contribution in [0.5, 0.6) is 0 Å². The number of hydrogen-bond acceptors (Lipinski definition) is 2. The molecule has 10 aromatic carbocycles. The van der Waals surface area contributed by atoms with E-state index < -0.39 is 0 Å². The molecule has 0 radical (unpaired) electrons. The van der Waals surface area contributed by atoms with E-state index in [0.717, 1.165) is 88.7 Å². The summed E-state index contributed by atoms with van der Waals surface area (Å²) in [6, 6.07) is 80.2. The van der Waals surface area contributed by atoms with Crippen molar-refractivity contribution in [2.75, 3.05) is 0 Å². The monoisotopic (exact) mass is 840 g/mol. The molecule has 0 aliphatic rings. The molecule has 0 bridgehead atoms. The number of furan rings is 1. The maximum Gasteiger partial charge on any atom is 0.137 e. The van der Waals surface area contributed by atoms with Gasteiger partial charge in [0.15, 0.2) is 0 Å². The van der Waals surface area contributed by atoms with Crippen LogP contribution in [0, 0.1) is 11.3 Å². The summed E-state index contributed by atoms with van der Waals surface area (Å²) in [5, 5.41) is 20.0. The van der Waals surface area contributed by atoms with Gasteiger partial charge in [-0.2, -0.15) is 5.26 Å². The fourth-order valence-corrected chi connectivity index (χ4v) is 10.8. The highest BCUT2D eigenvalue weighted by Crippen LogP contribution is 2.44. The summed E-state index contributed by atoms with van der Waals surface area (Å²) in [7, 11) is 0. The Bertz CT molecular complexity index is 4350. The van der Waals surface area contributed by atoms with Crippen LogP contribution in [0.25, 0.3) is 127 Å². The van der Waals surface area contributed by atoms with Crippen LogP contribution in [0.2, 0.25) is 0 Å². The molecule has 4 heterocycles. The summed E-state index contributed by atoms with van der Waals surface area (Å²) in [6.07, 6.45) is 0. The Kier molecular flexibility index (Phi) is 7.69. The normalized spacial score (nSPS) is 11.9. The second-order valence-electron chi connectivity index (χ2n) is 17.2. The molecule has 5 heteroatoms. The fourth-order valence-electron chi connectivity index (χ4n) is 10.8. The summed E-state index contributed by atoms with van der Waals surface area (Å²) in [5.74, 6) is 0. The largest absolute Gasteiger partial charge is 0.456 e. The van der Waals surface area contributed by atoms with Gasteiger partial charge < -0.3 is 18.1 Å². The van der Waals surface area contributed by atoms with Gasteiger partial charge in [0.25, 0.3) is 0 Å². The van der Waals surface area contributed by atoms with Crippen molar-refractivity contribution in [3.63, 3.8) is 0 Å². The first-order chi connectivity index (χ1) is 32.7. The van der Waals surface area contributed by atoms with Crippen LogP contribution < -0.4 is 0 Å². The standard InChI is InChI=1S/C61H36N4O/c62-37-41-31-39(27-28-45(41)38-15-3-1-4-16-38)40-32-43(34-44(33-40)64-53-23-11-8-20-47(53)51-35-52-48-21-10-14-26-58(48)66-59(52)36-57(51)64)63-55-25-13-9-22-50(55)60-56(63)30-29-49-46-19-7-12-24-54(46)65(61(49)60)42-17-5-2-6-18-42/h1-36H. The summed E-state index contributed by atoms with van der Waals surface area (Å²) in [5.41, 5.74) is 16.1. The molecule has 0 amide bonds. The van der Waals surface area contributed by atoms with E-state index in [-0.39, 0.29) is 0 Å². The van der Waals surface area contributed by atoms with Crippen LogP contribution in [0.15, 0.2) is 223 Å². The molecule has 14 rings (SSSR count). The number of para-hydroxylation sites is 5. The predicted molar refractivity (Wildman–Crippen MR) is 272 cm³/mol. The zero-order chi connectivity index (χ0) is 43.5. The lowest BCUT2D eigenvalue weighted by atomic mass is 9.95. The van der Waals surface area contributed by atoms with E-state index in [2.05, 4.69) is 202 Å². The third-order valence-corrected chi connectivity index (χ3v) is 13.6. The molecule has 306 valence electrons. The molecule has 0 atom stereocenters. The van der Waals surface area contributed by atoms with Gasteiger partial charge in [-0.25, -0.2) is 0 Å². The van der Waals surface area contributed by atoms with E-state index in [4.69, 9.17) is 4.42 Å². The SMILES string of the molecule is N#Cc1cc(-c2cc(-n3c4ccccc4c4cc5c(cc43)oc3ccccc35)cc(-n3c4ccccc4c4c3ccc3c5ccccc5n(-c5ccccc5)c34)c2)ccc1-c1ccccc1. The lowest BCUT2D eigenvalue weighted by molar-refractivity contribution is 0.669. The first-order valence-electron chi connectivity index (χ1n) is 22.3. The zero-order valence-corrected chi connectivity index (χ0v) is 35.5. The summed E-state index contributed by atoms with van der Waals surface area (Å²) in [6.45, 7) is 0. The van der Waals surface area contributed by atoms with Gasteiger partial charge in [0.1, 0.15) is 11.2 Å². The van der Waals surface area contributed by atoms with Gasteiger partial charge in [-0.1, -0.05) is 140 Å². The molecular weight excluding hydrogens is 805 g/mol. The highest BCUT2D eigenvalue weighted by Gasteiger charge is 2.23. The minimum absolute atomic E-state index is 0.628. The number of nitrogens with zero attached hydrogens (tertiary/aromatic N) is 4. The Hall–Kier alpha value is -9.11. The number of benzene rings is 10. The van der Waals surface area contributed by atoms with Gasteiger partial charge in [-0.3, -0.25) is 0 Å². The topological polar surface area (TPSA) is 51.7 Å². The Morgan fingerprint density at radius 3 is 1.68 bits per heavy atom. The van der Waals surface area contributed by atoms with E-state index in [0.29, 0.717) is 5.56 Å². The van der Waals surface area contributed by atoms with Crippen LogP contribution in [-0.4, -0.2) is 13.7 Å². The van der Waals surface area contributed by atoms with E-state index in [1.807, 2.05) is 36.4 Å². The second kappa shape index (κ2) is 13.9. The van der Waals surface area contributed by atoms with E-state index in [9.17, 15) is 5.26 Å². The fraction of sp³-hybridized carbons (Fsp3) is 0. The molecule has 0 saturated carbocycles. The van der Waals surface area contributed by atoms with Gasteiger partial charge >= 0.3 is 0 Å². The van der Waals surface area contributed by atoms with Crippen LogP contribution in [0.3, 0.4) is 0 Å². The van der Waals surface area contributed by atoms with Crippen molar-refractivity contribution in [2.24, 2.45) is 0 Å². The average Bonchev–Trinajstić information content (AvgIpc) is 4.12. The molecule has 0 saturated heterocycles. The average molecular weight is 841 g/mol. The van der Waals surface area contributed by atoms with Crippen molar-refractivity contribution < 1.29 is 4.42 Å². The van der Waals surface area contributed by atoms with Gasteiger partial charge in [-0.05, 0) is 95.1 Å². The Morgan fingerprint density at radius 2 is 0.939 bits per heavy atom. The molecule has 0 aliphatic heterocycles. The first-order valence-corrected chi connectivity index (χ1v) is 22.3. The first kappa shape index (κ1) is 36.4. The maximum atomic E-state index is 10.6. The van der Waals surface area contributed by atoms with Crippen molar-refractivity contribution in [2.45, 2.75) is 0 Å². The third-order valence-electron chi connectivity index (χ3n) is 13.6. The highest BCUT2D eigenvalue weighted by atomic mass is 16.3. The van der Waals surface area contributed by atoms with E-state index >= 15 is 0 Å². The molecule has 5 nitrogen and oxygen atoms in total. The number of aromatic nitrogens is 3.